The second-order valence-electron chi connectivity index (χ2n) is 3.89. The summed E-state index contributed by atoms with van der Waals surface area (Å²) in [6.07, 6.45) is 1.20. The summed E-state index contributed by atoms with van der Waals surface area (Å²) in [6.45, 7) is 4.59. The molecule has 72 valence electrons. The molecule has 1 N–H and O–H groups in total. The van der Waals surface area contributed by atoms with Crippen molar-refractivity contribution in [3.63, 3.8) is 0 Å². The van der Waals surface area contributed by atoms with Gasteiger partial charge in [-0.25, -0.2) is 0 Å². The number of hydrogen-bond acceptors (Lipinski definition) is 3. The van der Waals surface area contributed by atoms with Gasteiger partial charge in [-0.2, -0.15) is 0 Å². The van der Waals surface area contributed by atoms with Gasteiger partial charge in [-0.3, -0.25) is 4.90 Å². The van der Waals surface area contributed by atoms with Gasteiger partial charge in [0.15, 0.2) is 0 Å². The molecule has 0 radical (unpaired) electrons. The van der Waals surface area contributed by atoms with Crippen LogP contribution in [0, 0.1) is 0 Å². The summed E-state index contributed by atoms with van der Waals surface area (Å²) in [5.74, 6) is 0. The molecule has 1 rings (SSSR count). The average molecular weight is 172 g/mol. The van der Waals surface area contributed by atoms with Crippen molar-refractivity contribution in [3.8, 4) is 0 Å². The molecule has 2 unspecified atom stereocenters. The zero-order valence-electron chi connectivity index (χ0n) is 8.32. The SMILES string of the molecule is CC1CCN(C)C(CO)CN1C. The third-order valence-electron chi connectivity index (χ3n) is 2.98. The lowest BCUT2D eigenvalue weighted by Crippen LogP contribution is -2.41. The largest absolute Gasteiger partial charge is 0.395 e. The Labute approximate surface area is 75.0 Å². The van der Waals surface area contributed by atoms with E-state index in [0.717, 1.165) is 13.1 Å². The van der Waals surface area contributed by atoms with Gasteiger partial charge in [-0.05, 0) is 34.0 Å². The van der Waals surface area contributed by atoms with Crippen LogP contribution >= 0.6 is 0 Å². The summed E-state index contributed by atoms with van der Waals surface area (Å²) in [5.41, 5.74) is 0. The number of aliphatic hydroxyl groups is 1. The molecule has 3 heteroatoms. The van der Waals surface area contributed by atoms with Crippen molar-refractivity contribution in [3.05, 3.63) is 0 Å². The topological polar surface area (TPSA) is 26.7 Å². The van der Waals surface area contributed by atoms with Gasteiger partial charge in [-0.15, -0.1) is 0 Å². The average Bonchev–Trinajstić information content (AvgIpc) is 2.18. The second-order valence-corrected chi connectivity index (χ2v) is 3.89. The molecule has 3 nitrogen and oxygen atoms in total. The molecule has 0 aromatic rings. The molecule has 12 heavy (non-hydrogen) atoms. The fourth-order valence-electron chi connectivity index (χ4n) is 1.64. The molecule has 1 aliphatic rings. The molecule has 0 bridgehead atoms. The van der Waals surface area contributed by atoms with E-state index in [1.165, 1.54) is 6.42 Å². The Balaban J connectivity index is 2.54. The summed E-state index contributed by atoms with van der Waals surface area (Å²) in [4.78, 5) is 4.57. The van der Waals surface area contributed by atoms with Gasteiger partial charge in [-0.1, -0.05) is 0 Å². The molecule has 0 amide bonds. The minimum Gasteiger partial charge on any atom is -0.395 e. The summed E-state index contributed by atoms with van der Waals surface area (Å²) in [5, 5.41) is 9.12. The van der Waals surface area contributed by atoms with E-state index < -0.39 is 0 Å². The van der Waals surface area contributed by atoms with Crippen LogP contribution in [0.25, 0.3) is 0 Å². The van der Waals surface area contributed by atoms with Gasteiger partial charge >= 0.3 is 0 Å². The standard InChI is InChI=1S/C9H20N2O/c1-8-4-5-10(2)9(7-12)6-11(8)3/h8-9,12H,4-7H2,1-3H3. The van der Waals surface area contributed by atoms with Gasteiger partial charge in [0.2, 0.25) is 0 Å². The Morgan fingerprint density at radius 2 is 2.00 bits per heavy atom. The number of aliphatic hydroxyl groups excluding tert-OH is 1. The van der Waals surface area contributed by atoms with Crippen LogP contribution in [0.1, 0.15) is 13.3 Å². The summed E-state index contributed by atoms with van der Waals surface area (Å²) < 4.78 is 0. The Morgan fingerprint density at radius 3 is 2.58 bits per heavy atom. The predicted molar refractivity (Wildman–Crippen MR) is 50.2 cm³/mol. The molecule has 0 aromatic heterocycles. The fourth-order valence-corrected chi connectivity index (χ4v) is 1.64. The van der Waals surface area contributed by atoms with E-state index in [1.807, 2.05) is 0 Å². The summed E-state index contributed by atoms with van der Waals surface area (Å²) in [7, 11) is 4.22. The molecule has 1 aliphatic heterocycles. The van der Waals surface area contributed by atoms with E-state index >= 15 is 0 Å². The van der Waals surface area contributed by atoms with Crippen LogP contribution in [0.4, 0.5) is 0 Å². The van der Waals surface area contributed by atoms with E-state index in [0.29, 0.717) is 12.1 Å². The summed E-state index contributed by atoms with van der Waals surface area (Å²) in [6, 6.07) is 0.962. The molecule has 0 aliphatic carbocycles. The van der Waals surface area contributed by atoms with Gasteiger partial charge in [0.25, 0.3) is 0 Å². The van der Waals surface area contributed by atoms with Crippen molar-refractivity contribution in [1.82, 2.24) is 9.80 Å². The fraction of sp³-hybridized carbons (Fsp3) is 1.00. The smallest absolute Gasteiger partial charge is 0.0599 e. The van der Waals surface area contributed by atoms with Crippen molar-refractivity contribution in [2.45, 2.75) is 25.4 Å². The minimum atomic E-state index is 0.271. The van der Waals surface area contributed by atoms with E-state index in [9.17, 15) is 0 Å². The first-order chi connectivity index (χ1) is 5.65. The molecular weight excluding hydrogens is 152 g/mol. The van der Waals surface area contributed by atoms with Crippen LogP contribution in [0.5, 0.6) is 0 Å². The van der Waals surface area contributed by atoms with Crippen molar-refractivity contribution in [2.24, 2.45) is 0 Å². The first-order valence-corrected chi connectivity index (χ1v) is 4.66. The number of nitrogens with zero attached hydrogens (tertiary/aromatic N) is 2. The monoisotopic (exact) mass is 172 g/mol. The zero-order valence-corrected chi connectivity index (χ0v) is 8.32. The highest BCUT2D eigenvalue weighted by molar-refractivity contribution is 4.79. The third kappa shape index (κ3) is 2.19. The van der Waals surface area contributed by atoms with E-state index in [4.69, 9.17) is 5.11 Å². The molecule has 1 fully saturated rings. The Hall–Kier alpha value is -0.120. The van der Waals surface area contributed by atoms with Crippen LogP contribution in [-0.4, -0.2) is 60.8 Å². The maximum Gasteiger partial charge on any atom is 0.0599 e. The quantitative estimate of drug-likeness (QED) is 0.603. The predicted octanol–water partition coefficient (Wildman–Crippen LogP) is 0.00310. The minimum absolute atomic E-state index is 0.271. The van der Waals surface area contributed by atoms with Gasteiger partial charge in [0, 0.05) is 18.6 Å². The Bertz CT molecular complexity index is 140. The maximum atomic E-state index is 9.12. The highest BCUT2D eigenvalue weighted by Crippen LogP contribution is 2.11. The number of likely N-dealkylation sites (N-methyl/N-ethyl adjacent to an activating group) is 2. The molecular formula is C9H20N2O. The molecule has 0 spiro atoms. The van der Waals surface area contributed by atoms with Crippen molar-refractivity contribution >= 4 is 0 Å². The lowest BCUT2D eigenvalue weighted by molar-refractivity contribution is 0.134. The van der Waals surface area contributed by atoms with Gasteiger partial charge < -0.3 is 10.0 Å². The first kappa shape index (κ1) is 9.96. The van der Waals surface area contributed by atoms with Crippen LogP contribution in [0.3, 0.4) is 0 Å². The molecule has 1 saturated heterocycles. The number of hydrogen-bond donors (Lipinski definition) is 1. The van der Waals surface area contributed by atoms with Crippen LogP contribution in [0.2, 0.25) is 0 Å². The van der Waals surface area contributed by atoms with Crippen molar-refractivity contribution in [1.29, 1.82) is 0 Å². The van der Waals surface area contributed by atoms with Gasteiger partial charge in [0.05, 0.1) is 6.61 Å². The van der Waals surface area contributed by atoms with Crippen LogP contribution < -0.4 is 0 Å². The molecule has 0 saturated carbocycles. The normalized spacial score (nSPS) is 35.0. The highest BCUT2D eigenvalue weighted by Gasteiger charge is 2.23. The van der Waals surface area contributed by atoms with E-state index in [1.54, 1.807) is 0 Å². The number of rotatable bonds is 1. The summed E-state index contributed by atoms with van der Waals surface area (Å²) >= 11 is 0. The third-order valence-corrected chi connectivity index (χ3v) is 2.98. The van der Waals surface area contributed by atoms with E-state index in [-0.39, 0.29) is 6.61 Å². The second kappa shape index (κ2) is 4.21. The van der Waals surface area contributed by atoms with Crippen molar-refractivity contribution < 1.29 is 5.11 Å². The lowest BCUT2D eigenvalue weighted by atomic mass is 10.2. The highest BCUT2D eigenvalue weighted by atomic mass is 16.3. The Morgan fingerprint density at radius 1 is 1.33 bits per heavy atom. The molecule has 2 atom stereocenters. The Kier molecular flexibility index (Phi) is 3.50. The van der Waals surface area contributed by atoms with E-state index in [2.05, 4.69) is 30.8 Å². The van der Waals surface area contributed by atoms with Crippen molar-refractivity contribution in [2.75, 3.05) is 33.8 Å². The molecule has 0 aromatic carbocycles. The van der Waals surface area contributed by atoms with Gasteiger partial charge in [0.1, 0.15) is 0 Å². The van der Waals surface area contributed by atoms with Crippen LogP contribution in [0.15, 0.2) is 0 Å². The lowest BCUT2D eigenvalue weighted by Gasteiger charge is -2.26. The first-order valence-electron chi connectivity index (χ1n) is 4.66. The maximum absolute atomic E-state index is 9.12. The van der Waals surface area contributed by atoms with Crippen LogP contribution in [-0.2, 0) is 0 Å². The molecule has 1 heterocycles. The zero-order chi connectivity index (χ0) is 9.14.